The second kappa shape index (κ2) is 8.23. The van der Waals surface area contributed by atoms with E-state index in [2.05, 4.69) is 36.0 Å². The summed E-state index contributed by atoms with van der Waals surface area (Å²) in [6.45, 7) is 8.06. The first kappa shape index (κ1) is 21.1. The van der Waals surface area contributed by atoms with E-state index in [9.17, 15) is 13.2 Å². The largest absolute Gasteiger partial charge is 0.350 e. The Morgan fingerprint density at radius 2 is 1.74 bits per heavy atom. The summed E-state index contributed by atoms with van der Waals surface area (Å²) in [6, 6.07) is 14.7. The summed E-state index contributed by atoms with van der Waals surface area (Å²) < 4.78 is 26.3. The maximum atomic E-state index is 12.7. The van der Waals surface area contributed by atoms with Gasteiger partial charge in [0.15, 0.2) is 0 Å². The van der Waals surface area contributed by atoms with E-state index in [-0.39, 0.29) is 22.3 Å². The fourth-order valence-electron chi connectivity index (χ4n) is 3.26. The van der Waals surface area contributed by atoms with Crippen LogP contribution in [0.4, 0.5) is 0 Å². The van der Waals surface area contributed by atoms with Crippen molar-refractivity contribution in [2.75, 3.05) is 7.05 Å². The maximum Gasteiger partial charge on any atom is 0.251 e. The third-order valence-electron chi connectivity index (χ3n) is 4.78. The molecule has 0 aliphatic heterocycles. The third kappa shape index (κ3) is 5.17. The molecule has 5 nitrogen and oxygen atoms in total. The van der Waals surface area contributed by atoms with Gasteiger partial charge >= 0.3 is 0 Å². The quantitative estimate of drug-likeness (QED) is 0.763. The van der Waals surface area contributed by atoms with Gasteiger partial charge in [0.25, 0.3) is 5.91 Å². The molecule has 1 amide bonds. The molecule has 2 rings (SSSR count). The Kier molecular flexibility index (Phi) is 6.44. The van der Waals surface area contributed by atoms with Crippen molar-refractivity contribution in [3.63, 3.8) is 0 Å². The van der Waals surface area contributed by atoms with Crippen LogP contribution >= 0.6 is 0 Å². The number of hydrogen-bond acceptors (Lipinski definition) is 3. The molecule has 0 aliphatic carbocycles. The SMILES string of the molecule is CNS(=O)(=O)c1ccc(C)c(C(=O)NC(C)CC(C)(C)c2ccccc2)c1. The second-order valence-electron chi connectivity index (χ2n) is 7.51. The van der Waals surface area contributed by atoms with Gasteiger partial charge in [-0.2, -0.15) is 0 Å². The first-order valence-corrected chi connectivity index (χ1v) is 10.5. The minimum atomic E-state index is -3.59. The van der Waals surface area contributed by atoms with E-state index in [0.717, 1.165) is 12.0 Å². The van der Waals surface area contributed by atoms with Crippen molar-refractivity contribution in [3.8, 4) is 0 Å². The first-order chi connectivity index (χ1) is 12.6. The van der Waals surface area contributed by atoms with Gasteiger partial charge in [-0.15, -0.1) is 0 Å². The molecule has 2 aromatic carbocycles. The van der Waals surface area contributed by atoms with Gasteiger partial charge in [-0.3, -0.25) is 4.79 Å². The molecule has 0 saturated carbocycles. The van der Waals surface area contributed by atoms with Crippen molar-refractivity contribution < 1.29 is 13.2 Å². The summed E-state index contributed by atoms with van der Waals surface area (Å²) in [5.41, 5.74) is 2.22. The van der Waals surface area contributed by atoms with Gasteiger partial charge in [0, 0.05) is 11.6 Å². The third-order valence-corrected chi connectivity index (χ3v) is 6.19. The standard InChI is InChI=1S/C21H28N2O3S/c1-15-11-12-18(27(25,26)22-5)13-19(15)20(24)23-16(2)14-21(3,4)17-9-7-6-8-10-17/h6-13,16,22H,14H2,1-5H3,(H,23,24). The van der Waals surface area contributed by atoms with Crippen LogP contribution in [0.15, 0.2) is 53.4 Å². The van der Waals surface area contributed by atoms with Crippen LogP contribution in [0.3, 0.4) is 0 Å². The Labute approximate surface area is 162 Å². The van der Waals surface area contributed by atoms with Crippen molar-refractivity contribution in [3.05, 3.63) is 65.2 Å². The molecule has 1 unspecified atom stereocenters. The lowest BCUT2D eigenvalue weighted by Crippen LogP contribution is -2.37. The Morgan fingerprint density at radius 1 is 1.11 bits per heavy atom. The number of rotatable bonds is 7. The minimum Gasteiger partial charge on any atom is -0.350 e. The molecule has 0 aliphatic rings. The highest BCUT2D eigenvalue weighted by Gasteiger charge is 2.25. The summed E-state index contributed by atoms with van der Waals surface area (Å²) in [5, 5.41) is 3.01. The first-order valence-electron chi connectivity index (χ1n) is 8.97. The normalized spacial score (nSPS) is 13.2. The second-order valence-corrected chi connectivity index (χ2v) is 9.40. The number of aryl methyl sites for hydroxylation is 1. The van der Waals surface area contributed by atoms with E-state index in [0.29, 0.717) is 5.56 Å². The smallest absolute Gasteiger partial charge is 0.251 e. The summed E-state index contributed by atoms with van der Waals surface area (Å²) in [4.78, 5) is 12.8. The van der Waals surface area contributed by atoms with Crippen LogP contribution in [0.1, 0.15) is 48.7 Å². The number of amides is 1. The van der Waals surface area contributed by atoms with Gasteiger partial charge in [0.2, 0.25) is 10.0 Å². The minimum absolute atomic E-state index is 0.0725. The highest BCUT2D eigenvalue weighted by molar-refractivity contribution is 7.89. The summed E-state index contributed by atoms with van der Waals surface area (Å²) in [7, 11) is -2.24. The summed E-state index contributed by atoms with van der Waals surface area (Å²) >= 11 is 0. The van der Waals surface area contributed by atoms with E-state index in [1.165, 1.54) is 24.7 Å². The number of benzene rings is 2. The van der Waals surface area contributed by atoms with Crippen molar-refractivity contribution in [1.29, 1.82) is 0 Å². The zero-order chi connectivity index (χ0) is 20.2. The number of hydrogen-bond donors (Lipinski definition) is 2. The lowest BCUT2D eigenvalue weighted by molar-refractivity contribution is 0.0933. The fraction of sp³-hybridized carbons (Fsp3) is 0.381. The predicted octanol–water partition coefficient (Wildman–Crippen LogP) is 3.39. The predicted molar refractivity (Wildman–Crippen MR) is 108 cm³/mol. The van der Waals surface area contributed by atoms with Gasteiger partial charge in [-0.25, -0.2) is 13.1 Å². The molecule has 0 spiro atoms. The molecular weight excluding hydrogens is 360 g/mol. The van der Waals surface area contributed by atoms with Gasteiger partial charge in [0.1, 0.15) is 0 Å². The highest BCUT2D eigenvalue weighted by atomic mass is 32.2. The average Bonchev–Trinajstić information content (AvgIpc) is 2.62. The summed E-state index contributed by atoms with van der Waals surface area (Å²) in [5.74, 6) is -0.267. The highest BCUT2D eigenvalue weighted by Crippen LogP contribution is 2.28. The van der Waals surface area contributed by atoms with Crippen LogP contribution in [0.5, 0.6) is 0 Å². The zero-order valence-corrected chi connectivity index (χ0v) is 17.4. The van der Waals surface area contributed by atoms with E-state index >= 15 is 0 Å². The molecule has 1 atom stereocenters. The molecule has 146 valence electrons. The number of nitrogens with one attached hydrogen (secondary N) is 2. The molecule has 27 heavy (non-hydrogen) atoms. The van der Waals surface area contributed by atoms with E-state index in [4.69, 9.17) is 0 Å². The van der Waals surface area contributed by atoms with E-state index < -0.39 is 10.0 Å². The zero-order valence-electron chi connectivity index (χ0n) is 16.5. The molecule has 2 aromatic rings. The lowest BCUT2D eigenvalue weighted by Gasteiger charge is -2.29. The molecule has 2 N–H and O–H groups in total. The van der Waals surface area contributed by atoms with Gasteiger partial charge in [-0.1, -0.05) is 50.2 Å². The van der Waals surface area contributed by atoms with Gasteiger partial charge in [0.05, 0.1) is 4.90 Å². The number of carbonyl (C=O) groups is 1. The van der Waals surface area contributed by atoms with Crippen LogP contribution in [-0.4, -0.2) is 27.4 Å². The van der Waals surface area contributed by atoms with Crippen LogP contribution in [0.2, 0.25) is 0 Å². The van der Waals surface area contributed by atoms with Crippen LogP contribution < -0.4 is 10.0 Å². The molecule has 0 fully saturated rings. The van der Waals surface area contributed by atoms with Crippen molar-refractivity contribution in [2.24, 2.45) is 0 Å². The van der Waals surface area contributed by atoms with E-state index in [1.54, 1.807) is 13.0 Å². The molecule has 0 radical (unpaired) electrons. The van der Waals surface area contributed by atoms with Gasteiger partial charge < -0.3 is 5.32 Å². The lowest BCUT2D eigenvalue weighted by atomic mass is 9.79. The number of carbonyl (C=O) groups excluding carboxylic acids is 1. The number of sulfonamides is 1. The van der Waals surface area contributed by atoms with Crippen molar-refractivity contribution in [1.82, 2.24) is 10.0 Å². The molecule has 0 saturated heterocycles. The summed E-state index contributed by atoms with van der Waals surface area (Å²) in [6.07, 6.45) is 0.760. The molecular formula is C21H28N2O3S. The van der Waals surface area contributed by atoms with Crippen molar-refractivity contribution in [2.45, 2.75) is 50.5 Å². The topological polar surface area (TPSA) is 75.3 Å². The molecule has 0 aromatic heterocycles. The fourth-order valence-corrected chi connectivity index (χ4v) is 4.01. The average molecular weight is 389 g/mol. The Morgan fingerprint density at radius 3 is 2.33 bits per heavy atom. The monoisotopic (exact) mass is 388 g/mol. The Bertz CT molecular complexity index is 906. The van der Waals surface area contributed by atoms with Crippen LogP contribution in [0.25, 0.3) is 0 Å². The van der Waals surface area contributed by atoms with Crippen LogP contribution in [0, 0.1) is 6.92 Å². The van der Waals surface area contributed by atoms with Crippen molar-refractivity contribution >= 4 is 15.9 Å². The Hall–Kier alpha value is -2.18. The Balaban J connectivity index is 2.16. The van der Waals surface area contributed by atoms with Crippen LogP contribution in [-0.2, 0) is 15.4 Å². The maximum absolute atomic E-state index is 12.7. The van der Waals surface area contributed by atoms with Gasteiger partial charge in [-0.05, 0) is 56.0 Å². The molecule has 6 heteroatoms. The molecule has 0 bridgehead atoms. The van der Waals surface area contributed by atoms with E-state index in [1.807, 2.05) is 25.1 Å². The molecule has 0 heterocycles.